The van der Waals surface area contributed by atoms with E-state index in [1.54, 1.807) is 0 Å². The smallest absolute Gasteiger partial charge is 0.139 e. The molecule has 0 saturated heterocycles. The first-order valence-electron chi connectivity index (χ1n) is 6.41. The summed E-state index contributed by atoms with van der Waals surface area (Å²) in [4.78, 5) is 0. The van der Waals surface area contributed by atoms with Crippen molar-refractivity contribution in [1.29, 1.82) is 0 Å². The molecule has 0 aromatic heterocycles. The highest BCUT2D eigenvalue weighted by Gasteiger charge is 2.19. The Morgan fingerprint density at radius 2 is 1.95 bits per heavy atom. The fourth-order valence-electron chi connectivity index (χ4n) is 2.00. The molecule has 2 atom stereocenters. The van der Waals surface area contributed by atoms with Crippen molar-refractivity contribution in [2.24, 2.45) is 5.73 Å². The normalized spacial score (nSPS) is 13.8. The molecule has 2 aromatic carbocycles. The minimum Gasteiger partial charge on any atom is -0.484 e. The number of rotatable bonds is 4. The van der Waals surface area contributed by atoms with E-state index in [2.05, 4.69) is 15.9 Å². The molecule has 2 rings (SSSR count). The molecule has 0 bridgehead atoms. The number of hydrogen-bond donors (Lipinski definition) is 1. The minimum atomic E-state index is -0.235. The average molecular weight is 355 g/mol. The summed E-state index contributed by atoms with van der Waals surface area (Å²) in [5.41, 5.74) is 8.12. The van der Waals surface area contributed by atoms with Crippen molar-refractivity contribution < 1.29 is 4.74 Å². The third-order valence-corrected chi connectivity index (χ3v) is 3.79. The summed E-state index contributed by atoms with van der Waals surface area (Å²) in [5.74, 6) is 0.821. The SMILES string of the molecule is Cc1ccc(Br)cc1OC(c1cccc(Cl)c1)C(C)N. The van der Waals surface area contributed by atoms with Crippen LogP contribution in [-0.4, -0.2) is 6.04 Å². The fraction of sp³-hybridized carbons (Fsp3) is 0.250. The van der Waals surface area contributed by atoms with E-state index >= 15 is 0 Å². The molecule has 0 spiro atoms. The quantitative estimate of drug-likeness (QED) is 0.849. The lowest BCUT2D eigenvalue weighted by Crippen LogP contribution is -2.29. The third kappa shape index (κ3) is 3.75. The average Bonchev–Trinajstić information content (AvgIpc) is 2.39. The molecule has 0 radical (unpaired) electrons. The van der Waals surface area contributed by atoms with Gasteiger partial charge in [-0.1, -0.05) is 45.7 Å². The van der Waals surface area contributed by atoms with Crippen molar-refractivity contribution >= 4 is 27.5 Å². The van der Waals surface area contributed by atoms with Crippen LogP contribution in [0.1, 0.15) is 24.2 Å². The van der Waals surface area contributed by atoms with Gasteiger partial charge in [-0.15, -0.1) is 0 Å². The summed E-state index contributed by atoms with van der Waals surface area (Å²) >= 11 is 9.51. The van der Waals surface area contributed by atoms with E-state index in [4.69, 9.17) is 22.1 Å². The third-order valence-electron chi connectivity index (χ3n) is 3.06. The largest absolute Gasteiger partial charge is 0.484 e. The van der Waals surface area contributed by atoms with Crippen molar-refractivity contribution in [1.82, 2.24) is 0 Å². The van der Waals surface area contributed by atoms with Crippen LogP contribution >= 0.6 is 27.5 Å². The second kappa shape index (κ2) is 6.61. The van der Waals surface area contributed by atoms with Gasteiger partial charge in [0.05, 0.1) is 0 Å². The Kier molecular flexibility index (Phi) is 5.08. The molecule has 2 N–H and O–H groups in total. The van der Waals surface area contributed by atoms with Crippen molar-refractivity contribution in [2.45, 2.75) is 26.0 Å². The molecule has 2 aromatic rings. The van der Waals surface area contributed by atoms with E-state index in [1.807, 2.05) is 56.3 Å². The van der Waals surface area contributed by atoms with Gasteiger partial charge in [0.15, 0.2) is 0 Å². The molecule has 0 aliphatic heterocycles. The number of benzene rings is 2. The predicted molar refractivity (Wildman–Crippen MR) is 87.3 cm³/mol. The van der Waals surface area contributed by atoms with Crippen LogP contribution in [0.4, 0.5) is 0 Å². The van der Waals surface area contributed by atoms with Gasteiger partial charge < -0.3 is 10.5 Å². The van der Waals surface area contributed by atoms with Crippen molar-refractivity contribution in [3.8, 4) is 5.75 Å². The summed E-state index contributed by atoms with van der Waals surface area (Å²) < 4.78 is 7.09. The second-order valence-electron chi connectivity index (χ2n) is 4.86. The van der Waals surface area contributed by atoms with Gasteiger partial charge in [0.1, 0.15) is 11.9 Å². The highest BCUT2D eigenvalue weighted by molar-refractivity contribution is 9.10. The highest BCUT2D eigenvalue weighted by atomic mass is 79.9. The Morgan fingerprint density at radius 1 is 1.20 bits per heavy atom. The maximum absolute atomic E-state index is 6.11. The number of ether oxygens (including phenoxy) is 1. The van der Waals surface area contributed by atoms with Crippen LogP contribution in [0.25, 0.3) is 0 Å². The van der Waals surface area contributed by atoms with Crippen LogP contribution in [0, 0.1) is 6.92 Å². The Balaban J connectivity index is 2.33. The first kappa shape index (κ1) is 15.4. The summed E-state index contributed by atoms with van der Waals surface area (Å²) in [5, 5.41) is 0.683. The van der Waals surface area contributed by atoms with Gasteiger partial charge in [-0.25, -0.2) is 0 Å². The molecule has 0 saturated carbocycles. The molecule has 2 nitrogen and oxygen atoms in total. The van der Waals surface area contributed by atoms with E-state index in [1.165, 1.54) is 0 Å². The van der Waals surface area contributed by atoms with Gasteiger partial charge in [-0.05, 0) is 49.2 Å². The fourth-order valence-corrected chi connectivity index (χ4v) is 2.54. The lowest BCUT2D eigenvalue weighted by atomic mass is 10.0. The van der Waals surface area contributed by atoms with Crippen molar-refractivity contribution in [3.63, 3.8) is 0 Å². The number of halogens is 2. The van der Waals surface area contributed by atoms with Crippen LogP contribution in [0.5, 0.6) is 5.75 Å². The zero-order chi connectivity index (χ0) is 14.7. The molecule has 106 valence electrons. The summed E-state index contributed by atoms with van der Waals surface area (Å²) in [7, 11) is 0. The maximum atomic E-state index is 6.11. The highest BCUT2D eigenvalue weighted by Crippen LogP contribution is 2.30. The predicted octanol–water partition coefficient (Wildman–Crippen LogP) is 4.88. The first-order valence-corrected chi connectivity index (χ1v) is 7.58. The van der Waals surface area contributed by atoms with Gasteiger partial charge in [0, 0.05) is 15.5 Å². The van der Waals surface area contributed by atoms with Gasteiger partial charge in [-0.2, -0.15) is 0 Å². The first-order chi connectivity index (χ1) is 9.47. The summed E-state index contributed by atoms with van der Waals surface area (Å²) in [6.45, 7) is 3.94. The zero-order valence-electron chi connectivity index (χ0n) is 11.4. The van der Waals surface area contributed by atoms with Crippen LogP contribution in [0.15, 0.2) is 46.9 Å². The van der Waals surface area contributed by atoms with Crippen LogP contribution < -0.4 is 10.5 Å². The number of aryl methyl sites for hydroxylation is 1. The Hall–Kier alpha value is -1.03. The molecule has 0 aliphatic rings. The van der Waals surface area contributed by atoms with Crippen LogP contribution in [-0.2, 0) is 0 Å². The van der Waals surface area contributed by atoms with E-state index in [9.17, 15) is 0 Å². The lowest BCUT2D eigenvalue weighted by Gasteiger charge is -2.24. The zero-order valence-corrected chi connectivity index (χ0v) is 13.8. The van der Waals surface area contributed by atoms with E-state index in [0.29, 0.717) is 5.02 Å². The second-order valence-corrected chi connectivity index (χ2v) is 6.21. The molecule has 0 amide bonds. The molecular weight excluding hydrogens is 338 g/mol. The van der Waals surface area contributed by atoms with Crippen molar-refractivity contribution in [2.75, 3.05) is 0 Å². The number of hydrogen-bond acceptors (Lipinski definition) is 2. The molecule has 0 heterocycles. The summed E-state index contributed by atoms with van der Waals surface area (Å²) in [6, 6.07) is 13.4. The van der Waals surface area contributed by atoms with Gasteiger partial charge in [0.25, 0.3) is 0 Å². The van der Waals surface area contributed by atoms with Crippen LogP contribution in [0.3, 0.4) is 0 Å². The van der Waals surface area contributed by atoms with Gasteiger partial charge in [-0.3, -0.25) is 0 Å². The Bertz CT molecular complexity index is 601. The molecular formula is C16H17BrClNO. The van der Waals surface area contributed by atoms with Gasteiger partial charge in [0.2, 0.25) is 0 Å². The van der Waals surface area contributed by atoms with E-state index in [0.717, 1.165) is 21.3 Å². The van der Waals surface area contributed by atoms with E-state index < -0.39 is 0 Å². The van der Waals surface area contributed by atoms with Crippen LogP contribution in [0.2, 0.25) is 5.02 Å². The molecule has 4 heteroatoms. The number of nitrogens with two attached hydrogens (primary N) is 1. The standard InChI is InChI=1S/C16H17BrClNO/c1-10-6-7-13(17)9-15(10)20-16(11(2)19)12-4-3-5-14(18)8-12/h3-9,11,16H,19H2,1-2H3. The minimum absolute atomic E-state index is 0.146. The van der Waals surface area contributed by atoms with Gasteiger partial charge >= 0.3 is 0 Å². The van der Waals surface area contributed by atoms with E-state index in [-0.39, 0.29) is 12.1 Å². The monoisotopic (exact) mass is 353 g/mol. The molecule has 0 aliphatic carbocycles. The topological polar surface area (TPSA) is 35.2 Å². The molecule has 2 unspecified atom stereocenters. The lowest BCUT2D eigenvalue weighted by molar-refractivity contribution is 0.179. The molecule has 20 heavy (non-hydrogen) atoms. The Morgan fingerprint density at radius 3 is 2.60 bits per heavy atom. The summed E-state index contributed by atoms with van der Waals surface area (Å²) in [6.07, 6.45) is -0.235. The maximum Gasteiger partial charge on any atom is 0.139 e. The Labute approximate surface area is 133 Å². The molecule has 0 fully saturated rings. The van der Waals surface area contributed by atoms with Crippen molar-refractivity contribution in [3.05, 3.63) is 63.1 Å².